The predicted molar refractivity (Wildman–Crippen MR) is 173 cm³/mol. The topological polar surface area (TPSA) is 51.7 Å². The maximum absolute atomic E-state index is 8.79. The standard InChI is InChI=1S/C36H72O.H2O/c1-3-5-6-7-8-9-10-11-15-18-21-24-27-30-33-36(4-2)34-31-28-25-22-19-16-13-12-14-17-20-23-26-29-32-35-37;/h4,37H,3,5-35H2,1-2H3;1H2. The average molecular weight is 539 g/mol. The van der Waals surface area contributed by atoms with Gasteiger partial charge in [0.2, 0.25) is 0 Å². The molecule has 0 fully saturated rings. The van der Waals surface area contributed by atoms with Crippen LogP contribution in [0.2, 0.25) is 0 Å². The fourth-order valence-electron chi connectivity index (χ4n) is 5.72. The van der Waals surface area contributed by atoms with Gasteiger partial charge in [-0.1, -0.05) is 186 Å². The summed E-state index contributed by atoms with van der Waals surface area (Å²) in [5, 5.41) is 8.79. The van der Waals surface area contributed by atoms with Gasteiger partial charge in [-0.2, -0.15) is 0 Å². The summed E-state index contributed by atoms with van der Waals surface area (Å²) in [5.41, 5.74) is 1.73. The molecule has 0 aromatic heterocycles. The molecule has 0 atom stereocenters. The van der Waals surface area contributed by atoms with E-state index in [2.05, 4.69) is 19.9 Å². The predicted octanol–water partition coefficient (Wildman–Crippen LogP) is 12.2. The fourth-order valence-corrected chi connectivity index (χ4v) is 5.72. The SMILES string of the molecule is CC=C(CCCCCCCCCCCCCCCC)CCCCCCCCCCCCCCCCCO.O. The normalized spacial score (nSPS) is 11.7. The molecule has 0 radical (unpaired) electrons. The molecule has 0 aromatic carbocycles. The van der Waals surface area contributed by atoms with Gasteiger partial charge in [-0.15, -0.1) is 0 Å². The van der Waals surface area contributed by atoms with Gasteiger partial charge in [-0.05, 0) is 39.0 Å². The van der Waals surface area contributed by atoms with Crippen LogP contribution in [0.4, 0.5) is 0 Å². The van der Waals surface area contributed by atoms with Crippen molar-refractivity contribution in [1.82, 2.24) is 0 Å². The average Bonchev–Trinajstić information content (AvgIpc) is 2.91. The van der Waals surface area contributed by atoms with E-state index in [9.17, 15) is 0 Å². The maximum Gasteiger partial charge on any atom is 0.0431 e. The van der Waals surface area contributed by atoms with Gasteiger partial charge < -0.3 is 10.6 Å². The Kier molecular flexibility index (Phi) is 38.4. The molecule has 0 aromatic rings. The summed E-state index contributed by atoms with van der Waals surface area (Å²) < 4.78 is 0. The highest BCUT2D eigenvalue weighted by atomic mass is 16.2. The fraction of sp³-hybridized carbons (Fsp3) is 0.944. The lowest BCUT2D eigenvalue weighted by molar-refractivity contribution is 0.282. The first kappa shape index (κ1) is 39.8. The minimum Gasteiger partial charge on any atom is -0.412 e. The quantitative estimate of drug-likeness (QED) is 0.0671. The third kappa shape index (κ3) is 33.7. The van der Waals surface area contributed by atoms with Crippen LogP contribution in [-0.4, -0.2) is 17.2 Å². The Bertz CT molecular complexity index is 431. The molecule has 0 saturated carbocycles. The molecule has 0 amide bonds. The smallest absolute Gasteiger partial charge is 0.0431 e. The van der Waals surface area contributed by atoms with Gasteiger partial charge in [0.1, 0.15) is 0 Å². The molecule has 0 aliphatic rings. The molecule has 0 unspecified atom stereocenters. The molecule has 0 spiro atoms. The second-order valence-electron chi connectivity index (χ2n) is 12.1. The summed E-state index contributed by atoms with van der Waals surface area (Å²) in [7, 11) is 0. The Labute approximate surface area is 241 Å². The van der Waals surface area contributed by atoms with Crippen molar-refractivity contribution in [1.29, 1.82) is 0 Å². The molecular weight excluding hydrogens is 464 g/mol. The number of hydrogen-bond acceptors (Lipinski definition) is 1. The first-order valence-corrected chi connectivity index (χ1v) is 17.6. The Balaban J connectivity index is 0. The van der Waals surface area contributed by atoms with Crippen LogP contribution in [0.25, 0.3) is 0 Å². The van der Waals surface area contributed by atoms with E-state index in [-0.39, 0.29) is 5.48 Å². The zero-order valence-corrected chi connectivity index (χ0v) is 26.7. The van der Waals surface area contributed by atoms with Crippen LogP contribution in [0.3, 0.4) is 0 Å². The number of hydrogen-bond donors (Lipinski definition) is 1. The lowest BCUT2D eigenvalue weighted by Gasteiger charge is -2.08. The van der Waals surface area contributed by atoms with Gasteiger partial charge in [0.05, 0.1) is 0 Å². The molecule has 2 heteroatoms. The highest BCUT2D eigenvalue weighted by Gasteiger charge is 2.00. The van der Waals surface area contributed by atoms with Gasteiger partial charge >= 0.3 is 0 Å². The Morgan fingerprint density at radius 1 is 0.395 bits per heavy atom. The molecule has 0 heterocycles. The van der Waals surface area contributed by atoms with Crippen molar-refractivity contribution in [3.63, 3.8) is 0 Å². The molecular formula is C36H74O2. The van der Waals surface area contributed by atoms with Crippen LogP contribution in [-0.2, 0) is 0 Å². The van der Waals surface area contributed by atoms with Crippen LogP contribution < -0.4 is 0 Å². The van der Waals surface area contributed by atoms with E-state index < -0.39 is 0 Å². The van der Waals surface area contributed by atoms with Gasteiger partial charge in [-0.3, -0.25) is 0 Å². The highest BCUT2D eigenvalue weighted by molar-refractivity contribution is 4.99. The van der Waals surface area contributed by atoms with Crippen LogP contribution in [0.1, 0.15) is 213 Å². The van der Waals surface area contributed by atoms with Crippen LogP contribution in [0.5, 0.6) is 0 Å². The van der Waals surface area contributed by atoms with E-state index in [1.165, 1.54) is 193 Å². The number of aliphatic hydroxyl groups excluding tert-OH is 1. The zero-order valence-electron chi connectivity index (χ0n) is 26.7. The first-order valence-electron chi connectivity index (χ1n) is 17.6. The minimum absolute atomic E-state index is 0. The van der Waals surface area contributed by atoms with E-state index in [4.69, 9.17) is 5.11 Å². The largest absolute Gasteiger partial charge is 0.412 e. The maximum atomic E-state index is 8.79. The number of unbranched alkanes of at least 4 members (excludes halogenated alkanes) is 27. The van der Waals surface area contributed by atoms with E-state index in [1.807, 2.05) is 0 Å². The van der Waals surface area contributed by atoms with Crippen LogP contribution in [0.15, 0.2) is 11.6 Å². The van der Waals surface area contributed by atoms with Gasteiger partial charge in [0, 0.05) is 6.61 Å². The molecule has 3 N–H and O–H groups in total. The van der Waals surface area contributed by atoms with Crippen molar-refractivity contribution in [2.24, 2.45) is 0 Å². The van der Waals surface area contributed by atoms with E-state index in [1.54, 1.807) is 5.57 Å². The number of allylic oxidation sites excluding steroid dienone is 2. The van der Waals surface area contributed by atoms with E-state index in [0.29, 0.717) is 6.61 Å². The lowest BCUT2D eigenvalue weighted by atomic mass is 9.99. The summed E-state index contributed by atoms with van der Waals surface area (Å²) in [4.78, 5) is 0. The molecule has 2 nitrogen and oxygen atoms in total. The molecule has 0 saturated heterocycles. The summed E-state index contributed by atoms with van der Waals surface area (Å²) in [5.74, 6) is 0. The number of aliphatic hydroxyl groups is 1. The summed E-state index contributed by atoms with van der Waals surface area (Å²) in [6, 6.07) is 0. The summed E-state index contributed by atoms with van der Waals surface area (Å²) in [6.45, 7) is 4.94. The van der Waals surface area contributed by atoms with Crippen molar-refractivity contribution in [2.75, 3.05) is 6.61 Å². The first-order chi connectivity index (χ1) is 18.3. The Hall–Kier alpha value is -0.340. The van der Waals surface area contributed by atoms with Gasteiger partial charge in [0.15, 0.2) is 0 Å². The second kappa shape index (κ2) is 36.7. The van der Waals surface area contributed by atoms with E-state index >= 15 is 0 Å². The van der Waals surface area contributed by atoms with Crippen molar-refractivity contribution < 1.29 is 10.6 Å². The monoisotopic (exact) mass is 539 g/mol. The molecule has 0 aliphatic carbocycles. The van der Waals surface area contributed by atoms with Crippen molar-refractivity contribution in [3.8, 4) is 0 Å². The zero-order chi connectivity index (χ0) is 26.9. The van der Waals surface area contributed by atoms with Gasteiger partial charge in [-0.25, -0.2) is 0 Å². The minimum atomic E-state index is 0. The lowest BCUT2D eigenvalue weighted by Crippen LogP contribution is -1.88. The Morgan fingerprint density at radius 2 is 0.632 bits per heavy atom. The van der Waals surface area contributed by atoms with E-state index in [0.717, 1.165) is 6.42 Å². The molecule has 0 aliphatic heterocycles. The molecule has 230 valence electrons. The van der Waals surface area contributed by atoms with Crippen molar-refractivity contribution >= 4 is 0 Å². The molecule has 38 heavy (non-hydrogen) atoms. The molecule has 0 rings (SSSR count). The van der Waals surface area contributed by atoms with Gasteiger partial charge in [0.25, 0.3) is 0 Å². The third-order valence-electron chi connectivity index (χ3n) is 8.42. The van der Waals surface area contributed by atoms with Crippen LogP contribution in [0, 0.1) is 0 Å². The van der Waals surface area contributed by atoms with Crippen molar-refractivity contribution in [3.05, 3.63) is 11.6 Å². The van der Waals surface area contributed by atoms with Crippen LogP contribution >= 0.6 is 0 Å². The number of rotatable bonds is 32. The summed E-state index contributed by atoms with van der Waals surface area (Å²) >= 11 is 0. The Morgan fingerprint density at radius 3 is 0.868 bits per heavy atom. The second-order valence-corrected chi connectivity index (χ2v) is 12.1. The van der Waals surface area contributed by atoms with Crippen molar-refractivity contribution in [2.45, 2.75) is 213 Å². The highest BCUT2D eigenvalue weighted by Crippen LogP contribution is 2.19. The third-order valence-corrected chi connectivity index (χ3v) is 8.42. The molecule has 0 bridgehead atoms. The summed E-state index contributed by atoms with van der Waals surface area (Å²) in [6.07, 6.45) is 46.2.